The van der Waals surface area contributed by atoms with Gasteiger partial charge in [0.1, 0.15) is 0 Å². The van der Waals surface area contributed by atoms with Crippen LogP contribution in [0.2, 0.25) is 0 Å². The zero-order valence-corrected chi connectivity index (χ0v) is 14.0. The Bertz CT molecular complexity index is 470. The van der Waals surface area contributed by atoms with Crippen LogP contribution in [0.15, 0.2) is 30.3 Å². The average Bonchev–Trinajstić information content (AvgIpc) is 2.56. The molecule has 22 heavy (non-hydrogen) atoms. The minimum atomic E-state index is -0.333. The van der Waals surface area contributed by atoms with Crippen LogP contribution < -0.4 is 0 Å². The van der Waals surface area contributed by atoms with E-state index in [0.717, 1.165) is 19.5 Å². The fourth-order valence-corrected chi connectivity index (χ4v) is 4.57. The summed E-state index contributed by atoms with van der Waals surface area (Å²) >= 11 is 0. The molecule has 0 unspecified atom stereocenters. The summed E-state index contributed by atoms with van der Waals surface area (Å²) in [5, 5.41) is 11.1. The molecule has 1 saturated carbocycles. The Hall–Kier alpha value is -0.900. The van der Waals surface area contributed by atoms with Crippen LogP contribution in [0, 0.1) is 0 Å². The van der Waals surface area contributed by atoms with Crippen LogP contribution in [0.4, 0.5) is 0 Å². The first kappa shape index (κ1) is 16.0. The fourth-order valence-electron chi connectivity index (χ4n) is 4.57. The standard InChI is InChI=1S/C19H30N2O/c1-20(2)19(16-9-5-3-6-10-16)13-14-21(15-18(19)22)17-11-7-4-8-12-17/h3,5-6,9-10,17-18,22H,4,7-8,11-15H2,1-2H3/t18-,19+/m1/s1. The minimum Gasteiger partial charge on any atom is -0.389 e. The van der Waals surface area contributed by atoms with E-state index in [2.05, 4.69) is 54.2 Å². The lowest BCUT2D eigenvalue weighted by atomic mass is 9.76. The predicted molar refractivity (Wildman–Crippen MR) is 90.9 cm³/mol. The number of hydrogen-bond acceptors (Lipinski definition) is 3. The van der Waals surface area contributed by atoms with E-state index in [0.29, 0.717) is 6.04 Å². The molecular weight excluding hydrogens is 272 g/mol. The van der Waals surface area contributed by atoms with Gasteiger partial charge < -0.3 is 5.11 Å². The third kappa shape index (κ3) is 2.82. The molecule has 1 heterocycles. The summed E-state index contributed by atoms with van der Waals surface area (Å²) in [6.07, 6.45) is 7.39. The minimum absolute atomic E-state index is 0.244. The number of likely N-dealkylation sites (N-methyl/N-ethyl adjacent to an activating group) is 1. The number of aliphatic hydroxyl groups is 1. The molecule has 3 rings (SSSR count). The number of rotatable bonds is 3. The number of benzene rings is 1. The topological polar surface area (TPSA) is 26.7 Å². The van der Waals surface area contributed by atoms with Gasteiger partial charge in [0, 0.05) is 19.1 Å². The van der Waals surface area contributed by atoms with Crippen molar-refractivity contribution in [2.45, 2.75) is 56.2 Å². The Balaban J connectivity index is 1.79. The van der Waals surface area contributed by atoms with Gasteiger partial charge in [-0.2, -0.15) is 0 Å². The number of likely N-dealkylation sites (tertiary alicyclic amines) is 1. The van der Waals surface area contributed by atoms with E-state index in [1.54, 1.807) is 0 Å². The van der Waals surface area contributed by atoms with Crippen molar-refractivity contribution in [3.63, 3.8) is 0 Å². The molecule has 1 saturated heterocycles. The maximum atomic E-state index is 11.1. The molecule has 2 aliphatic rings. The van der Waals surface area contributed by atoms with Crippen LogP contribution in [0.1, 0.15) is 44.1 Å². The van der Waals surface area contributed by atoms with Crippen LogP contribution in [-0.2, 0) is 5.54 Å². The van der Waals surface area contributed by atoms with E-state index in [-0.39, 0.29) is 11.6 Å². The summed E-state index contributed by atoms with van der Waals surface area (Å²) in [5.74, 6) is 0. The number of nitrogens with zero attached hydrogens (tertiary/aromatic N) is 2. The van der Waals surface area contributed by atoms with Crippen LogP contribution in [0.3, 0.4) is 0 Å². The van der Waals surface area contributed by atoms with Crippen LogP contribution in [0.5, 0.6) is 0 Å². The Morgan fingerprint density at radius 2 is 1.77 bits per heavy atom. The van der Waals surface area contributed by atoms with Crippen molar-refractivity contribution >= 4 is 0 Å². The maximum absolute atomic E-state index is 11.1. The second-order valence-corrected chi connectivity index (χ2v) is 7.24. The molecule has 0 radical (unpaired) electrons. The van der Waals surface area contributed by atoms with Crippen molar-refractivity contribution < 1.29 is 5.11 Å². The predicted octanol–water partition coefficient (Wildman–Crippen LogP) is 2.84. The average molecular weight is 302 g/mol. The van der Waals surface area contributed by atoms with Gasteiger partial charge in [0.15, 0.2) is 0 Å². The first-order chi connectivity index (χ1) is 10.6. The van der Waals surface area contributed by atoms with Gasteiger partial charge in [-0.25, -0.2) is 0 Å². The molecule has 2 atom stereocenters. The van der Waals surface area contributed by atoms with Crippen molar-refractivity contribution in [1.82, 2.24) is 9.80 Å². The highest BCUT2D eigenvalue weighted by molar-refractivity contribution is 5.27. The van der Waals surface area contributed by atoms with Gasteiger partial charge in [0.2, 0.25) is 0 Å². The van der Waals surface area contributed by atoms with Gasteiger partial charge >= 0.3 is 0 Å². The molecule has 0 bridgehead atoms. The summed E-state index contributed by atoms with van der Waals surface area (Å²) < 4.78 is 0. The Morgan fingerprint density at radius 1 is 1.09 bits per heavy atom. The van der Waals surface area contributed by atoms with E-state index in [1.807, 2.05) is 0 Å². The van der Waals surface area contributed by atoms with E-state index < -0.39 is 0 Å². The lowest BCUT2D eigenvalue weighted by molar-refractivity contribution is -0.0807. The van der Waals surface area contributed by atoms with Gasteiger partial charge in [-0.15, -0.1) is 0 Å². The lowest BCUT2D eigenvalue weighted by Crippen LogP contribution is -2.61. The summed E-state index contributed by atoms with van der Waals surface area (Å²) in [5.41, 5.74) is 1.00. The summed E-state index contributed by atoms with van der Waals surface area (Å²) in [6, 6.07) is 11.2. The molecule has 122 valence electrons. The van der Waals surface area contributed by atoms with E-state index in [1.165, 1.54) is 37.7 Å². The van der Waals surface area contributed by atoms with E-state index >= 15 is 0 Å². The van der Waals surface area contributed by atoms with Crippen molar-refractivity contribution in [1.29, 1.82) is 0 Å². The fraction of sp³-hybridized carbons (Fsp3) is 0.684. The highest BCUT2D eigenvalue weighted by Crippen LogP contribution is 2.39. The van der Waals surface area contributed by atoms with Crippen LogP contribution in [-0.4, -0.2) is 54.2 Å². The van der Waals surface area contributed by atoms with Crippen LogP contribution >= 0.6 is 0 Å². The molecule has 0 aromatic heterocycles. The first-order valence-corrected chi connectivity index (χ1v) is 8.79. The largest absolute Gasteiger partial charge is 0.389 e. The molecule has 1 aliphatic heterocycles. The maximum Gasteiger partial charge on any atom is 0.0892 e. The monoisotopic (exact) mass is 302 g/mol. The van der Waals surface area contributed by atoms with Gasteiger partial charge in [-0.1, -0.05) is 49.6 Å². The molecule has 1 N–H and O–H groups in total. The number of aliphatic hydroxyl groups excluding tert-OH is 1. The SMILES string of the molecule is CN(C)[C@]1(c2ccccc2)CCN(C2CCCCC2)C[C@H]1O. The van der Waals surface area contributed by atoms with Gasteiger partial charge in [0.05, 0.1) is 11.6 Å². The zero-order chi connectivity index (χ0) is 15.6. The number of β-amino-alcohol motifs (C(OH)–C–C–N with tert-alkyl or cyclic N) is 1. The molecule has 1 aromatic carbocycles. The molecule has 0 amide bonds. The number of piperidine rings is 1. The number of hydrogen-bond donors (Lipinski definition) is 1. The quantitative estimate of drug-likeness (QED) is 0.930. The highest BCUT2D eigenvalue weighted by atomic mass is 16.3. The summed E-state index contributed by atoms with van der Waals surface area (Å²) in [6.45, 7) is 1.90. The highest BCUT2D eigenvalue weighted by Gasteiger charge is 2.46. The Kier molecular flexibility index (Phi) is 4.86. The van der Waals surface area contributed by atoms with Crippen molar-refractivity contribution in [2.24, 2.45) is 0 Å². The Labute approximate surface area is 134 Å². The molecule has 3 heteroatoms. The van der Waals surface area contributed by atoms with E-state index in [9.17, 15) is 5.11 Å². The van der Waals surface area contributed by atoms with Crippen LogP contribution in [0.25, 0.3) is 0 Å². The third-order valence-corrected chi connectivity index (χ3v) is 5.90. The first-order valence-electron chi connectivity index (χ1n) is 8.79. The summed E-state index contributed by atoms with van der Waals surface area (Å²) in [4.78, 5) is 4.78. The van der Waals surface area contributed by atoms with Gasteiger partial charge in [-0.3, -0.25) is 9.80 Å². The molecule has 1 aromatic rings. The van der Waals surface area contributed by atoms with Crippen molar-refractivity contribution in [3.8, 4) is 0 Å². The van der Waals surface area contributed by atoms with Crippen molar-refractivity contribution in [3.05, 3.63) is 35.9 Å². The molecule has 1 aliphatic carbocycles. The van der Waals surface area contributed by atoms with E-state index in [4.69, 9.17) is 0 Å². The second kappa shape index (κ2) is 6.69. The third-order valence-electron chi connectivity index (χ3n) is 5.90. The molecule has 3 nitrogen and oxygen atoms in total. The smallest absolute Gasteiger partial charge is 0.0892 e. The molecule has 2 fully saturated rings. The Morgan fingerprint density at radius 3 is 2.36 bits per heavy atom. The lowest BCUT2D eigenvalue weighted by Gasteiger charge is -2.51. The molecular formula is C19H30N2O. The van der Waals surface area contributed by atoms with Gasteiger partial charge in [-0.05, 0) is 38.9 Å². The summed E-state index contributed by atoms with van der Waals surface area (Å²) in [7, 11) is 4.21. The van der Waals surface area contributed by atoms with Crippen molar-refractivity contribution in [2.75, 3.05) is 27.2 Å². The van der Waals surface area contributed by atoms with Gasteiger partial charge in [0.25, 0.3) is 0 Å². The second-order valence-electron chi connectivity index (χ2n) is 7.24. The zero-order valence-electron chi connectivity index (χ0n) is 14.0. The normalized spacial score (nSPS) is 31.5. The molecule has 0 spiro atoms.